The minimum atomic E-state index is 0.372. The van der Waals surface area contributed by atoms with Crippen molar-refractivity contribution in [3.05, 3.63) is 29.8 Å². The molecule has 1 atom stereocenters. The lowest BCUT2D eigenvalue weighted by atomic mass is 9.86. The maximum atomic E-state index is 5.78. The highest BCUT2D eigenvalue weighted by Gasteiger charge is 2.26. The Bertz CT molecular complexity index is 375. The molecule has 1 unspecified atom stereocenters. The number of nitrogens with one attached hydrogen (secondary N) is 1. The van der Waals surface area contributed by atoms with Gasteiger partial charge >= 0.3 is 0 Å². The van der Waals surface area contributed by atoms with Crippen molar-refractivity contribution in [2.24, 2.45) is 5.92 Å². The van der Waals surface area contributed by atoms with E-state index >= 15 is 0 Å². The van der Waals surface area contributed by atoms with Crippen molar-refractivity contribution in [2.45, 2.75) is 32.7 Å². The molecule has 1 saturated heterocycles. The zero-order valence-corrected chi connectivity index (χ0v) is 12.0. The van der Waals surface area contributed by atoms with Crippen LogP contribution in [0.1, 0.15) is 38.3 Å². The van der Waals surface area contributed by atoms with Gasteiger partial charge in [-0.15, -0.1) is 0 Å². The third-order valence-electron chi connectivity index (χ3n) is 3.72. The van der Waals surface area contributed by atoms with E-state index in [1.807, 2.05) is 13.0 Å². The molecule has 0 aromatic heterocycles. The summed E-state index contributed by atoms with van der Waals surface area (Å²) in [6.45, 7) is 7.64. The van der Waals surface area contributed by atoms with Crippen LogP contribution < -0.4 is 10.1 Å². The average Bonchev–Trinajstić information content (AvgIpc) is 2.47. The predicted octanol–water partition coefficient (Wildman–Crippen LogP) is 3.16. The number of hydrogen-bond donors (Lipinski definition) is 1. The number of benzene rings is 1. The summed E-state index contributed by atoms with van der Waals surface area (Å²) in [6.07, 6.45) is 2.25. The van der Waals surface area contributed by atoms with Gasteiger partial charge in [0, 0.05) is 24.8 Å². The van der Waals surface area contributed by atoms with Gasteiger partial charge < -0.3 is 14.8 Å². The number of hydrogen-bond acceptors (Lipinski definition) is 3. The van der Waals surface area contributed by atoms with Gasteiger partial charge in [0.2, 0.25) is 0 Å². The lowest BCUT2D eigenvalue weighted by Crippen LogP contribution is -2.32. The Morgan fingerprint density at radius 1 is 1.26 bits per heavy atom. The molecule has 2 rings (SSSR count). The molecule has 1 aromatic carbocycles. The molecule has 19 heavy (non-hydrogen) atoms. The number of para-hydroxylation sites is 1. The Hall–Kier alpha value is -1.06. The molecular formula is C16H25NO2. The fourth-order valence-corrected chi connectivity index (χ4v) is 2.82. The second-order valence-corrected chi connectivity index (χ2v) is 4.96. The topological polar surface area (TPSA) is 30.5 Å². The molecule has 0 radical (unpaired) electrons. The lowest BCUT2D eigenvalue weighted by Gasteiger charge is -2.32. The van der Waals surface area contributed by atoms with Crippen LogP contribution in [0.5, 0.6) is 5.75 Å². The lowest BCUT2D eigenvalue weighted by molar-refractivity contribution is 0.0534. The van der Waals surface area contributed by atoms with Crippen molar-refractivity contribution in [3.63, 3.8) is 0 Å². The van der Waals surface area contributed by atoms with Gasteiger partial charge in [-0.05, 0) is 38.3 Å². The van der Waals surface area contributed by atoms with Gasteiger partial charge in [0.05, 0.1) is 6.61 Å². The molecule has 0 bridgehead atoms. The minimum absolute atomic E-state index is 0.372. The maximum absolute atomic E-state index is 5.78. The zero-order chi connectivity index (χ0) is 13.5. The molecule has 106 valence electrons. The molecule has 1 aromatic rings. The molecule has 0 saturated carbocycles. The van der Waals surface area contributed by atoms with Crippen LogP contribution in [0, 0.1) is 5.92 Å². The number of rotatable bonds is 6. The highest BCUT2D eigenvalue weighted by atomic mass is 16.5. The molecule has 1 aliphatic heterocycles. The number of ether oxygens (including phenoxy) is 2. The van der Waals surface area contributed by atoms with Crippen LogP contribution in [0.15, 0.2) is 24.3 Å². The SMILES string of the molecule is CCNC(c1ccccc1OCC)C1CCOCC1. The van der Waals surface area contributed by atoms with Crippen LogP contribution in [0.25, 0.3) is 0 Å². The standard InChI is InChI=1S/C16H25NO2/c1-3-17-16(13-9-11-18-12-10-13)14-7-5-6-8-15(14)19-4-2/h5-8,13,16-17H,3-4,9-12H2,1-2H3. The average molecular weight is 263 g/mol. The third kappa shape index (κ3) is 3.71. The van der Waals surface area contributed by atoms with Crippen molar-refractivity contribution in [3.8, 4) is 5.75 Å². The summed E-state index contributed by atoms with van der Waals surface area (Å²) in [5.74, 6) is 1.65. The molecule has 3 heteroatoms. The summed E-state index contributed by atoms with van der Waals surface area (Å²) >= 11 is 0. The molecular weight excluding hydrogens is 238 g/mol. The van der Waals surface area contributed by atoms with E-state index < -0.39 is 0 Å². The van der Waals surface area contributed by atoms with Crippen molar-refractivity contribution in [2.75, 3.05) is 26.4 Å². The van der Waals surface area contributed by atoms with Crippen molar-refractivity contribution < 1.29 is 9.47 Å². The summed E-state index contributed by atoms with van der Waals surface area (Å²) in [5, 5.41) is 3.63. The normalized spacial score (nSPS) is 18.2. The first-order chi connectivity index (χ1) is 9.36. The third-order valence-corrected chi connectivity index (χ3v) is 3.72. The Morgan fingerprint density at radius 2 is 2.00 bits per heavy atom. The molecule has 3 nitrogen and oxygen atoms in total. The Balaban J connectivity index is 2.21. The summed E-state index contributed by atoms with van der Waals surface area (Å²) < 4.78 is 11.3. The van der Waals surface area contributed by atoms with Crippen LogP contribution >= 0.6 is 0 Å². The monoisotopic (exact) mass is 263 g/mol. The van der Waals surface area contributed by atoms with Crippen molar-refractivity contribution in [1.29, 1.82) is 0 Å². The molecule has 1 heterocycles. The predicted molar refractivity (Wildman–Crippen MR) is 77.6 cm³/mol. The van der Waals surface area contributed by atoms with Crippen LogP contribution in [-0.4, -0.2) is 26.4 Å². The maximum Gasteiger partial charge on any atom is 0.124 e. The highest BCUT2D eigenvalue weighted by Crippen LogP contribution is 2.34. The smallest absolute Gasteiger partial charge is 0.124 e. The highest BCUT2D eigenvalue weighted by molar-refractivity contribution is 5.36. The van der Waals surface area contributed by atoms with Crippen LogP contribution in [0.3, 0.4) is 0 Å². The Kier molecular flexibility index (Phi) is 5.67. The van der Waals surface area contributed by atoms with Gasteiger partial charge in [-0.1, -0.05) is 25.1 Å². The summed E-state index contributed by atoms with van der Waals surface area (Å²) in [4.78, 5) is 0. The van der Waals surface area contributed by atoms with E-state index in [0.717, 1.165) is 38.3 Å². The molecule has 1 aliphatic rings. The van der Waals surface area contributed by atoms with E-state index in [1.54, 1.807) is 0 Å². The Morgan fingerprint density at radius 3 is 2.68 bits per heavy atom. The quantitative estimate of drug-likeness (QED) is 0.855. The van der Waals surface area contributed by atoms with Crippen LogP contribution in [0.2, 0.25) is 0 Å². The Labute approximate surface area is 116 Å². The summed E-state index contributed by atoms with van der Waals surface area (Å²) in [6, 6.07) is 8.77. The van der Waals surface area contributed by atoms with Crippen molar-refractivity contribution in [1.82, 2.24) is 5.32 Å². The molecule has 0 spiro atoms. The van der Waals surface area contributed by atoms with Crippen molar-refractivity contribution >= 4 is 0 Å². The van der Waals surface area contributed by atoms with E-state index in [0.29, 0.717) is 18.6 Å². The van der Waals surface area contributed by atoms with E-state index in [-0.39, 0.29) is 0 Å². The second-order valence-electron chi connectivity index (χ2n) is 4.96. The molecule has 0 amide bonds. The van der Waals surface area contributed by atoms with Gasteiger partial charge in [0.25, 0.3) is 0 Å². The van der Waals surface area contributed by atoms with Crippen LogP contribution in [-0.2, 0) is 4.74 Å². The fraction of sp³-hybridized carbons (Fsp3) is 0.625. The van der Waals surface area contributed by atoms with Gasteiger partial charge in [-0.25, -0.2) is 0 Å². The van der Waals surface area contributed by atoms with E-state index in [1.165, 1.54) is 5.56 Å². The van der Waals surface area contributed by atoms with Gasteiger partial charge in [0.1, 0.15) is 5.75 Å². The molecule has 1 N–H and O–H groups in total. The summed E-state index contributed by atoms with van der Waals surface area (Å²) in [5.41, 5.74) is 1.29. The molecule has 1 fully saturated rings. The van der Waals surface area contributed by atoms with E-state index in [4.69, 9.17) is 9.47 Å². The van der Waals surface area contributed by atoms with Gasteiger partial charge in [-0.2, -0.15) is 0 Å². The van der Waals surface area contributed by atoms with E-state index in [9.17, 15) is 0 Å². The van der Waals surface area contributed by atoms with Gasteiger partial charge in [0.15, 0.2) is 0 Å². The largest absolute Gasteiger partial charge is 0.494 e. The zero-order valence-electron chi connectivity index (χ0n) is 12.0. The van der Waals surface area contributed by atoms with Crippen LogP contribution in [0.4, 0.5) is 0 Å². The first kappa shape index (κ1) is 14.4. The van der Waals surface area contributed by atoms with E-state index in [2.05, 4.69) is 30.4 Å². The first-order valence-corrected chi connectivity index (χ1v) is 7.39. The summed E-state index contributed by atoms with van der Waals surface area (Å²) in [7, 11) is 0. The first-order valence-electron chi connectivity index (χ1n) is 7.39. The minimum Gasteiger partial charge on any atom is -0.494 e. The fourth-order valence-electron chi connectivity index (χ4n) is 2.82. The van der Waals surface area contributed by atoms with Gasteiger partial charge in [-0.3, -0.25) is 0 Å². The second kappa shape index (κ2) is 7.51. The molecule has 0 aliphatic carbocycles.